The van der Waals surface area contributed by atoms with Crippen molar-refractivity contribution in [1.82, 2.24) is 24.7 Å². The SMILES string of the molecule is CCNc1nc(OC)nc2c(F)c(-c3ccc(F)c4sc(N)c(C#N)c34)c(C(F)(F)F)cc12.FC1CC2CCCN2C1.O=C(N1CCCC1)N1CC2(COC2)C1. The second kappa shape index (κ2) is 15.7. The fourth-order valence-electron chi connectivity index (χ4n) is 8.20. The van der Waals surface area contributed by atoms with Gasteiger partial charge >= 0.3 is 18.2 Å². The van der Waals surface area contributed by atoms with E-state index in [2.05, 4.69) is 20.2 Å². The lowest BCUT2D eigenvalue weighted by atomic mass is 9.78. The maximum Gasteiger partial charge on any atom is 0.417 e. The maximum atomic E-state index is 15.9. The molecule has 11 nitrogen and oxygen atoms in total. The zero-order chi connectivity index (χ0) is 39.9. The number of benzene rings is 2. The van der Waals surface area contributed by atoms with Crippen LogP contribution in [0.4, 0.5) is 42.0 Å². The highest BCUT2D eigenvalue weighted by atomic mass is 32.1. The van der Waals surface area contributed by atoms with Gasteiger partial charge in [-0.1, -0.05) is 6.07 Å². The number of urea groups is 1. The molecule has 2 amide bonds. The Morgan fingerprint density at radius 3 is 2.48 bits per heavy atom. The Balaban J connectivity index is 0.000000167. The zero-order valence-corrected chi connectivity index (χ0v) is 31.8. The van der Waals surface area contributed by atoms with Gasteiger partial charge in [-0.05, 0) is 63.3 Å². The molecule has 56 heavy (non-hydrogen) atoms. The Hall–Kier alpha value is -4.60. The minimum absolute atomic E-state index is 0.0444. The van der Waals surface area contributed by atoms with Crippen molar-refractivity contribution in [3.8, 4) is 23.2 Å². The molecule has 1 spiro atoms. The highest BCUT2D eigenvalue weighted by Gasteiger charge is 2.51. The molecule has 0 saturated carbocycles. The van der Waals surface area contributed by atoms with Crippen LogP contribution >= 0.6 is 11.3 Å². The van der Waals surface area contributed by atoms with E-state index >= 15 is 4.39 Å². The van der Waals surface area contributed by atoms with Gasteiger partial charge in [0, 0.05) is 61.6 Å². The average Bonchev–Trinajstić information content (AvgIpc) is 3.93. The van der Waals surface area contributed by atoms with Gasteiger partial charge in [0.15, 0.2) is 5.82 Å². The number of fused-ring (bicyclic) bond motifs is 3. The van der Waals surface area contributed by atoms with Crippen molar-refractivity contribution in [2.45, 2.75) is 57.4 Å². The van der Waals surface area contributed by atoms with Gasteiger partial charge in [0.2, 0.25) is 0 Å². The van der Waals surface area contributed by atoms with E-state index in [-0.39, 0.29) is 56.0 Å². The summed E-state index contributed by atoms with van der Waals surface area (Å²) >= 11 is 0.698. The molecule has 4 aromatic rings. The minimum Gasteiger partial charge on any atom is -0.467 e. The molecule has 300 valence electrons. The number of hydrogen-bond acceptors (Lipinski definition) is 10. The molecule has 0 aliphatic carbocycles. The van der Waals surface area contributed by atoms with Gasteiger partial charge in [-0.15, -0.1) is 11.3 Å². The second-order valence-corrected chi connectivity index (χ2v) is 15.9. The molecule has 5 aliphatic rings. The van der Waals surface area contributed by atoms with E-state index in [9.17, 15) is 32.0 Å². The Labute approximate surface area is 323 Å². The summed E-state index contributed by atoms with van der Waals surface area (Å²) in [7, 11) is 1.23. The number of hydrogen-bond donors (Lipinski definition) is 2. The van der Waals surface area contributed by atoms with Crippen molar-refractivity contribution >= 4 is 49.2 Å². The third-order valence-corrected chi connectivity index (χ3v) is 11.9. The van der Waals surface area contributed by atoms with Crippen LogP contribution in [-0.2, 0) is 10.9 Å². The highest BCUT2D eigenvalue weighted by Crippen LogP contribution is 2.48. The summed E-state index contributed by atoms with van der Waals surface area (Å²) in [6, 6.07) is 5.00. The number of carbonyl (C=O) groups excluding carboxylic acids is 1. The first-order valence-corrected chi connectivity index (χ1v) is 19.4. The van der Waals surface area contributed by atoms with Gasteiger partial charge in [-0.3, -0.25) is 4.90 Å². The van der Waals surface area contributed by atoms with Gasteiger partial charge in [0.1, 0.15) is 34.4 Å². The predicted octanol–water partition coefficient (Wildman–Crippen LogP) is 7.43. The first kappa shape index (κ1) is 39.6. The van der Waals surface area contributed by atoms with Crippen LogP contribution in [0.2, 0.25) is 0 Å². The summed E-state index contributed by atoms with van der Waals surface area (Å²) in [4.78, 5) is 26.0. The quantitative estimate of drug-likeness (QED) is 0.202. The minimum atomic E-state index is -5.00. The number of likely N-dealkylation sites (tertiary alicyclic amines) is 2. The van der Waals surface area contributed by atoms with Crippen LogP contribution in [-0.4, -0.2) is 109 Å². The monoisotopic (exact) mass is 804 g/mol. The summed E-state index contributed by atoms with van der Waals surface area (Å²) in [5, 5.41) is 11.8. The summed E-state index contributed by atoms with van der Waals surface area (Å²) in [6.07, 6.45) is 0.165. The predicted molar refractivity (Wildman–Crippen MR) is 200 cm³/mol. The average molecular weight is 805 g/mol. The van der Waals surface area contributed by atoms with E-state index in [0.29, 0.717) is 29.3 Å². The second-order valence-electron chi connectivity index (χ2n) is 14.8. The Kier molecular flexibility index (Phi) is 11.1. The molecule has 5 aliphatic heterocycles. The van der Waals surface area contributed by atoms with Crippen LogP contribution < -0.4 is 15.8 Å². The number of methoxy groups -OCH3 is 1. The summed E-state index contributed by atoms with van der Waals surface area (Å²) in [5.74, 6) is -2.15. The van der Waals surface area contributed by atoms with Crippen molar-refractivity contribution in [3.05, 3.63) is 41.0 Å². The molecule has 5 saturated heterocycles. The van der Waals surface area contributed by atoms with Crippen molar-refractivity contribution < 1.29 is 40.6 Å². The first-order chi connectivity index (χ1) is 26.8. The number of rotatable bonds is 4. The topological polar surface area (TPSA) is 133 Å². The molecular formula is C38H42F6N8O3S. The van der Waals surface area contributed by atoms with Crippen LogP contribution in [0.3, 0.4) is 0 Å². The number of nitriles is 1. The highest BCUT2D eigenvalue weighted by molar-refractivity contribution is 7.23. The fourth-order valence-corrected chi connectivity index (χ4v) is 9.15. The van der Waals surface area contributed by atoms with Crippen molar-refractivity contribution in [1.29, 1.82) is 5.26 Å². The molecule has 9 rings (SSSR count). The number of carbonyl (C=O) groups is 1. The van der Waals surface area contributed by atoms with E-state index in [4.69, 9.17) is 15.2 Å². The molecule has 0 bridgehead atoms. The van der Waals surface area contributed by atoms with E-state index in [0.717, 1.165) is 70.6 Å². The zero-order valence-electron chi connectivity index (χ0n) is 30.9. The smallest absolute Gasteiger partial charge is 0.417 e. The summed E-state index contributed by atoms with van der Waals surface area (Å²) < 4.78 is 95.4. The van der Waals surface area contributed by atoms with Crippen molar-refractivity contribution in [2.24, 2.45) is 5.41 Å². The number of halogens is 6. The summed E-state index contributed by atoms with van der Waals surface area (Å²) in [5.41, 5.74) is 2.95. The largest absolute Gasteiger partial charge is 0.467 e. The van der Waals surface area contributed by atoms with Crippen LogP contribution in [0.25, 0.3) is 32.1 Å². The molecule has 5 fully saturated rings. The Morgan fingerprint density at radius 1 is 1.14 bits per heavy atom. The first-order valence-electron chi connectivity index (χ1n) is 18.6. The van der Waals surface area contributed by atoms with Crippen LogP contribution in [0.5, 0.6) is 6.01 Å². The standard InChI is InChI=1S/C21H14F5N5OS.C10H16N2O2.C7H12FN/c1-3-29-19-9-6-11(21(24,25)26)14(15(23)16(9)30-20(31-19)32-2)8-4-5-12(22)17-13(8)10(7-27)18(28)33-17;13-9(11-3-1-2-4-11)12-5-10(6-12)7-14-8-10;8-6-4-7-2-1-3-9(7)5-6/h4-6H,3,28H2,1-2H3,(H,29,30,31);1-8H2;6-7H,1-5H2. The number of nitrogens with one attached hydrogen (secondary N) is 1. The lowest BCUT2D eigenvalue weighted by molar-refractivity contribution is -0.177. The van der Waals surface area contributed by atoms with Gasteiger partial charge < -0.3 is 30.3 Å². The molecule has 0 radical (unpaired) electrons. The molecule has 3 N–H and O–H groups in total. The number of anilines is 2. The Bertz CT molecular complexity index is 2150. The van der Waals surface area contributed by atoms with Crippen LogP contribution in [0.15, 0.2) is 18.2 Å². The van der Waals surface area contributed by atoms with Crippen molar-refractivity contribution in [3.63, 3.8) is 0 Å². The van der Waals surface area contributed by atoms with Gasteiger partial charge in [0.05, 0.1) is 41.6 Å². The Morgan fingerprint density at radius 2 is 1.88 bits per heavy atom. The molecule has 2 atom stereocenters. The van der Waals surface area contributed by atoms with Crippen LogP contribution in [0, 0.1) is 28.4 Å². The number of nitrogens with zero attached hydrogens (tertiary/aromatic N) is 6. The molecule has 18 heteroatoms. The number of nitrogen functional groups attached to an aromatic ring is 1. The fraction of sp³-hybridized carbons (Fsp3) is 0.526. The number of ether oxygens (including phenoxy) is 2. The molecule has 2 aromatic heterocycles. The molecular weight excluding hydrogens is 763 g/mol. The third-order valence-electron chi connectivity index (χ3n) is 10.9. The maximum absolute atomic E-state index is 15.9. The number of thiophene rings is 1. The number of aromatic nitrogens is 2. The van der Waals surface area contributed by atoms with E-state index in [1.54, 1.807) is 13.0 Å². The number of amides is 2. The third kappa shape index (κ3) is 7.48. The molecule has 2 unspecified atom stereocenters. The van der Waals surface area contributed by atoms with Crippen molar-refractivity contribution in [2.75, 3.05) is 77.2 Å². The number of nitrogens with two attached hydrogens (primary N) is 1. The number of alkyl halides is 4. The van der Waals surface area contributed by atoms with E-state index in [1.165, 1.54) is 32.8 Å². The normalized spacial score (nSPS) is 21.1. The molecule has 2 aromatic carbocycles. The van der Waals surface area contributed by atoms with Gasteiger partial charge in [-0.2, -0.15) is 28.4 Å². The van der Waals surface area contributed by atoms with Gasteiger partial charge in [-0.25, -0.2) is 18.0 Å². The lowest BCUT2D eigenvalue weighted by Crippen LogP contribution is -2.68. The van der Waals surface area contributed by atoms with Crippen LogP contribution in [0.1, 0.15) is 50.2 Å². The lowest BCUT2D eigenvalue weighted by Gasteiger charge is -2.55. The summed E-state index contributed by atoms with van der Waals surface area (Å²) in [6.45, 7) is 9.30. The molecule has 7 heterocycles. The van der Waals surface area contributed by atoms with Gasteiger partial charge in [0.25, 0.3) is 0 Å². The van der Waals surface area contributed by atoms with E-state index in [1.807, 2.05) is 9.80 Å². The van der Waals surface area contributed by atoms with E-state index < -0.39 is 40.6 Å².